The number of hydrogen-bond acceptors (Lipinski definition) is 6. The average molecular weight is 505 g/mol. The third-order valence-corrected chi connectivity index (χ3v) is 7.66. The lowest BCUT2D eigenvalue weighted by Gasteiger charge is -2.34. The largest absolute Gasteiger partial charge is 0.444 e. The first-order chi connectivity index (χ1) is 17.6. The molecule has 198 valence electrons. The zero-order chi connectivity index (χ0) is 26.3. The summed E-state index contributed by atoms with van der Waals surface area (Å²) in [6, 6.07) is 13.0. The van der Waals surface area contributed by atoms with E-state index < -0.39 is 5.60 Å². The Hall–Kier alpha value is -3.26. The predicted octanol–water partition coefficient (Wildman–Crippen LogP) is 4.79. The van der Waals surface area contributed by atoms with Crippen molar-refractivity contribution >= 4 is 34.3 Å². The number of pyridine rings is 1. The number of aryl methyl sites for hydroxylation is 1. The molecule has 8 nitrogen and oxygen atoms in total. The first-order valence-electron chi connectivity index (χ1n) is 13.3. The molecular weight excluding hydrogens is 464 g/mol. The number of carbonyl (C=O) groups excluding carboxylic acids is 1. The molecule has 0 radical (unpaired) electrons. The van der Waals surface area contributed by atoms with Gasteiger partial charge in [0.1, 0.15) is 17.1 Å². The van der Waals surface area contributed by atoms with Gasteiger partial charge < -0.3 is 29.3 Å². The van der Waals surface area contributed by atoms with Crippen molar-refractivity contribution in [2.24, 2.45) is 7.05 Å². The lowest BCUT2D eigenvalue weighted by atomic mass is 9.91. The van der Waals surface area contributed by atoms with Crippen LogP contribution in [0.25, 0.3) is 11.0 Å². The molecule has 1 fully saturated rings. The first kappa shape index (κ1) is 25.4. The highest BCUT2D eigenvalue weighted by Gasteiger charge is 2.31. The number of ether oxygens (including phenoxy) is 1. The van der Waals surface area contributed by atoms with E-state index in [-0.39, 0.29) is 12.1 Å². The molecule has 0 bridgehead atoms. The molecule has 2 aliphatic rings. The predicted molar refractivity (Wildman–Crippen MR) is 150 cm³/mol. The molecule has 1 atom stereocenters. The van der Waals surface area contributed by atoms with Crippen LogP contribution >= 0.6 is 0 Å². The minimum Gasteiger partial charge on any atom is -0.444 e. The summed E-state index contributed by atoms with van der Waals surface area (Å²) in [5.41, 5.74) is 5.38. The molecule has 1 unspecified atom stereocenters. The summed E-state index contributed by atoms with van der Waals surface area (Å²) in [7, 11) is 6.13. The average Bonchev–Trinajstić information content (AvgIpc) is 3.14. The van der Waals surface area contributed by atoms with Crippen LogP contribution in [0.2, 0.25) is 0 Å². The van der Waals surface area contributed by atoms with Gasteiger partial charge in [-0.05, 0) is 89.0 Å². The van der Waals surface area contributed by atoms with Crippen molar-refractivity contribution in [1.82, 2.24) is 19.4 Å². The lowest BCUT2D eigenvalue weighted by molar-refractivity contribution is 0.0210. The number of aromatic nitrogens is 2. The zero-order valence-electron chi connectivity index (χ0n) is 23.0. The van der Waals surface area contributed by atoms with Crippen molar-refractivity contribution in [3.8, 4) is 0 Å². The Morgan fingerprint density at radius 2 is 1.76 bits per heavy atom. The van der Waals surface area contributed by atoms with E-state index in [2.05, 4.69) is 70.2 Å². The van der Waals surface area contributed by atoms with E-state index in [1.54, 1.807) is 4.90 Å². The molecule has 8 heteroatoms. The minimum absolute atomic E-state index is 0.115. The SMILES string of the molecule is CN1CCN(c2ccc(Nc3ccc4c5c(n(C)c4n3)CCC(N(C)C(=O)OC(C)(C)C)C5)cc2)CC1. The summed E-state index contributed by atoms with van der Waals surface area (Å²) in [6.45, 7) is 10.0. The quantitative estimate of drug-likeness (QED) is 0.551. The van der Waals surface area contributed by atoms with E-state index in [0.717, 1.165) is 68.0 Å². The van der Waals surface area contributed by atoms with Gasteiger partial charge in [0.25, 0.3) is 0 Å². The third kappa shape index (κ3) is 5.39. The summed E-state index contributed by atoms with van der Waals surface area (Å²) in [6.07, 6.45) is 2.38. The molecular formula is C29H40N6O2. The molecule has 37 heavy (non-hydrogen) atoms. The number of nitrogens with zero attached hydrogens (tertiary/aromatic N) is 5. The zero-order valence-corrected chi connectivity index (χ0v) is 23.0. The molecule has 3 heterocycles. The van der Waals surface area contributed by atoms with Gasteiger partial charge in [0.15, 0.2) is 0 Å². The highest BCUT2D eigenvalue weighted by Crippen LogP contribution is 2.33. The van der Waals surface area contributed by atoms with Crippen molar-refractivity contribution in [3.05, 3.63) is 47.7 Å². The standard InChI is InChI=1S/C29H40N6O2/c1-29(2,3)37-28(36)33(5)22-11-13-25-24(19-22)23-12-14-26(31-27(23)34(25)6)30-20-7-9-21(10-8-20)35-17-15-32(4)16-18-35/h7-10,12,14,22H,11,13,15-19H2,1-6H3,(H,30,31). The van der Waals surface area contributed by atoms with Crippen molar-refractivity contribution in [2.75, 3.05) is 50.5 Å². The number of nitrogens with one attached hydrogen (secondary N) is 1. The summed E-state index contributed by atoms with van der Waals surface area (Å²) in [4.78, 5) is 24.2. The summed E-state index contributed by atoms with van der Waals surface area (Å²) >= 11 is 0. The minimum atomic E-state index is -0.497. The molecule has 1 amide bonds. The molecule has 1 aliphatic carbocycles. The van der Waals surface area contributed by atoms with Gasteiger partial charge in [-0.1, -0.05) is 0 Å². The van der Waals surface area contributed by atoms with Crippen molar-refractivity contribution in [2.45, 2.75) is 51.7 Å². The number of amides is 1. The monoisotopic (exact) mass is 504 g/mol. The maximum atomic E-state index is 12.7. The number of hydrogen-bond donors (Lipinski definition) is 1. The van der Waals surface area contributed by atoms with E-state index >= 15 is 0 Å². The molecule has 1 aliphatic heterocycles. The second-order valence-electron chi connectivity index (χ2n) is 11.5. The van der Waals surface area contributed by atoms with Gasteiger partial charge in [0, 0.05) is 68.8 Å². The normalized spacial score (nSPS) is 18.5. The van der Waals surface area contributed by atoms with Crippen LogP contribution in [0.3, 0.4) is 0 Å². The molecule has 0 saturated carbocycles. The van der Waals surface area contributed by atoms with Crippen molar-refractivity contribution in [3.63, 3.8) is 0 Å². The van der Waals surface area contributed by atoms with Gasteiger partial charge in [0.2, 0.25) is 0 Å². The van der Waals surface area contributed by atoms with Crippen LogP contribution in [-0.4, -0.2) is 77.4 Å². The number of piperazine rings is 1. The second-order valence-corrected chi connectivity index (χ2v) is 11.5. The summed E-state index contributed by atoms with van der Waals surface area (Å²) < 4.78 is 7.83. The van der Waals surface area contributed by atoms with E-state index in [9.17, 15) is 4.79 Å². The van der Waals surface area contributed by atoms with Crippen LogP contribution in [0.4, 0.5) is 22.0 Å². The molecule has 2 aromatic heterocycles. The molecule has 1 aromatic carbocycles. The summed E-state index contributed by atoms with van der Waals surface area (Å²) in [5.74, 6) is 0.834. The van der Waals surface area contributed by atoms with Gasteiger partial charge in [-0.15, -0.1) is 0 Å². The maximum Gasteiger partial charge on any atom is 0.410 e. The molecule has 1 N–H and O–H groups in total. The Balaban J connectivity index is 1.30. The van der Waals surface area contributed by atoms with E-state index in [4.69, 9.17) is 9.72 Å². The fraction of sp³-hybridized carbons (Fsp3) is 0.517. The van der Waals surface area contributed by atoms with Crippen molar-refractivity contribution < 1.29 is 9.53 Å². The fourth-order valence-electron chi connectivity index (χ4n) is 5.46. The third-order valence-electron chi connectivity index (χ3n) is 7.66. The molecule has 1 saturated heterocycles. The van der Waals surface area contributed by atoms with Gasteiger partial charge in [-0.25, -0.2) is 9.78 Å². The topological polar surface area (TPSA) is 65.9 Å². The number of rotatable bonds is 4. The first-order valence-corrected chi connectivity index (χ1v) is 13.3. The summed E-state index contributed by atoms with van der Waals surface area (Å²) in [5, 5.41) is 4.65. The van der Waals surface area contributed by atoms with Gasteiger partial charge >= 0.3 is 6.09 Å². The van der Waals surface area contributed by atoms with Crippen LogP contribution < -0.4 is 10.2 Å². The fourth-order valence-corrected chi connectivity index (χ4v) is 5.46. The van der Waals surface area contributed by atoms with Crippen LogP contribution in [0.5, 0.6) is 0 Å². The van der Waals surface area contributed by atoms with E-state index in [0.29, 0.717) is 0 Å². The second kappa shape index (κ2) is 9.89. The van der Waals surface area contributed by atoms with Crippen LogP contribution in [0.1, 0.15) is 38.4 Å². The number of benzene rings is 1. The Bertz CT molecular complexity index is 1270. The van der Waals surface area contributed by atoms with Crippen molar-refractivity contribution in [1.29, 1.82) is 0 Å². The highest BCUT2D eigenvalue weighted by atomic mass is 16.6. The molecule has 5 rings (SSSR count). The highest BCUT2D eigenvalue weighted by molar-refractivity contribution is 5.85. The lowest BCUT2D eigenvalue weighted by Crippen LogP contribution is -2.44. The Kier molecular flexibility index (Phi) is 6.79. The Labute approximate surface area is 220 Å². The van der Waals surface area contributed by atoms with Gasteiger partial charge in [-0.2, -0.15) is 0 Å². The Morgan fingerprint density at radius 3 is 2.43 bits per heavy atom. The van der Waals surface area contributed by atoms with E-state index in [1.165, 1.54) is 16.9 Å². The molecule has 0 spiro atoms. The Morgan fingerprint density at radius 1 is 1.05 bits per heavy atom. The van der Waals surface area contributed by atoms with Crippen LogP contribution in [-0.2, 0) is 24.6 Å². The number of likely N-dealkylation sites (N-methyl/N-ethyl adjacent to an activating group) is 2. The van der Waals surface area contributed by atoms with Gasteiger partial charge in [-0.3, -0.25) is 0 Å². The van der Waals surface area contributed by atoms with Gasteiger partial charge in [0.05, 0.1) is 0 Å². The number of anilines is 3. The smallest absolute Gasteiger partial charge is 0.410 e. The molecule has 3 aromatic rings. The van der Waals surface area contributed by atoms with E-state index in [1.807, 2.05) is 27.8 Å². The van der Waals surface area contributed by atoms with Crippen LogP contribution in [0, 0.1) is 0 Å². The maximum absolute atomic E-state index is 12.7. The number of carbonyl (C=O) groups is 1. The van der Waals surface area contributed by atoms with Crippen LogP contribution in [0.15, 0.2) is 36.4 Å². The number of fused-ring (bicyclic) bond motifs is 3.